The summed E-state index contributed by atoms with van der Waals surface area (Å²) in [6.45, 7) is 5.69. The number of carbonyl (C=O) groups excluding carboxylic acids is 1. The number of thioether (sulfide) groups is 1. The second-order valence-electron chi connectivity index (χ2n) is 8.73. The van der Waals surface area contributed by atoms with Crippen LogP contribution in [0, 0.1) is 23.2 Å². The van der Waals surface area contributed by atoms with E-state index in [0.717, 1.165) is 60.3 Å². The van der Waals surface area contributed by atoms with E-state index in [1.165, 1.54) is 32.1 Å². The minimum absolute atomic E-state index is 0.0788. The van der Waals surface area contributed by atoms with Crippen LogP contribution in [0.5, 0.6) is 0 Å². The molecule has 1 aromatic rings. The van der Waals surface area contributed by atoms with Crippen LogP contribution in [0.4, 0.5) is 0 Å². The third-order valence-corrected chi connectivity index (χ3v) is 7.82. The molecule has 0 saturated heterocycles. The van der Waals surface area contributed by atoms with Gasteiger partial charge in [0.1, 0.15) is 0 Å². The largest absolute Gasteiger partial charge is 0.348 e. The normalized spacial score (nSPS) is 32.2. The predicted octanol–water partition coefficient (Wildman–Crippen LogP) is 4.02. The Morgan fingerprint density at radius 3 is 2.38 bits per heavy atom. The lowest BCUT2D eigenvalue weighted by Crippen LogP contribution is -2.53. The zero-order valence-corrected chi connectivity index (χ0v) is 17.0. The molecule has 4 saturated carbocycles. The van der Waals surface area contributed by atoms with E-state index in [9.17, 15) is 4.79 Å². The topological polar surface area (TPSA) is 59.8 Å². The van der Waals surface area contributed by atoms with Crippen LogP contribution in [-0.4, -0.2) is 26.4 Å². The molecular formula is C20H32N4OS. The smallest absolute Gasteiger partial charge is 0.226 e. The number of amides is 1. The molecule has 0 unspecified atom stereocenters. The van der Waals surface area contributed by atoms with Crippen LogP contribution in [0.3, 0.4) is 0 Å². The third-order valence-electron chi connectivity index (χ3n) is 6.77. The number of nitrogens with zero attached hydrogens (tertiary/aromatic N) is 3. The molecule has 6 heteroatoms. The minimum atomic E-state index is -0.0788. The van der Waals surface area contributed by atoms with Gasteiger partial charge in [-0.05, 0) is 69.6 Å². The Labute approximate surface area is 161 Å². The van der Waals surface area contributed by atoms with Gasteiger partial charge in [-0.25, -0.2) is 0 Å². The van der Waals surface area contributed by atoms with Crippen LogP contribution in [0.1, 0.15) is 71.0 Å². The Kier molecular flexibility index (Phi) is 5.31. The molecule has 0 aromatic carbocycles. The molecule has 1 aromatic heterocycles. The van der Waals surface area contributed by atoms with Gasteiger partial charge in [-0.3, -0.25) is 4.79 Å². The van der Waals surface area contributed by atoms with E-state index in [-0.39, 0.29) is 11.3 Å². The van der Waals surface area contributed by atoms with Gasteiger partial charge < -0.3 is 9.88 Å². The summed E-state index contributed by atoms with van der Waals surface area (Å²) in [4.78, 5) is 13.1. The average Bonchev–Trinajstić information content (AvgIpc) is 3.00. The summed E-state index contributed by atoms with van der Waals surface area (Å²) in [6.07, 6.45) is 9.84. The van der Waals surface area contributed by atoms with Gasteiger partial charge in [0.25, 0.3) is 0 Å². The molecule has 0 spiro atoms. The Hall–Kier alpha value is -1.04. The number of unbranched alkanes of at least 4 members (excludes halogenated alkanes) is 1. The molecule has 0 atom stereocenters. The molecule has 144 valence electrons. The fraction of sp³-hybridized carbons (Fsp3) is 0.850. The van der Waals surface area contributed by atoms with Crippen LogP contribution in [0.2, 0.25) is 0 Å². The monoisotopic (exact) mass is 376 g/mol. The zero-order valence-electron chi connectivity index (χ0n) is 16.2. The minimum Gasteiger partial charge on any atom is -0.348 e. The molecule has 0 radical (unpaired) electrons. The van der Waals surface area contributed by atoms with E-state index in [1.54, 1.807) is 11.8 Å². The maximum Gasteiger partial charge on any atom is 0.226 e. The average molecular weight is 377 g/mol. The van der Waals surface area contributed by atoms with E-state index >= 15 is 0 Å². The third kappa shape index (κ3) is 3.41. The maximum absolute atomic E-state index is 13.1. The molecular weight excluding hydrogens is 344 g/mol. The summed E-state index contributed by atoms with van der Waals surface area (Å²) in [5, 5.41) is 12.9. The SMILES string of the molecule is CCCCSc1nnc(CNC(=O)C23CC4CC(CC(C4)C2)C3)n1CC. The molecule has 1 amide bonds. The van der Waals surface area contributed by atoms with Crippen LogP contribution in [-0.2, 0) is 17.9 Å². The molecule has 4 aliphatic rings. The lowest BCUT2D eigenvalue weighted by molar-refractivity contribution is -0.146. The van der Waals surface area contributed by atoms with E-state index in [0.29, 0.717) is 6.54 Å². The van der Waals surface area contributed by atoms with Crippen molar-refractivity contribution in [3.8, 4) is 0 Å². The molecule has 4 fully saturated rings. The lowest BCUT2D eigenvalue weighted by atomic mass is 9.49. The number of carbonyl (C=O) groups is 1. The van der Waals surface area contributed by atoms with Crippen molar-refractivity contribution >= 4 is 17.7 Å². The summed E-state index contributed by atoms with van der Waals surface area (Å²) in [5.74, 6) is 4.65. The summed E-state index contributed by atoms with van der Waals surface area (Å²) >= 11 is 1.78. The first-order valence-electron chi connectivity index (χ1n) is 10.5. The Morgan fingerprint density at radius 2 is 1.81 bits per heavy atom. The fourth-order valence-corrected chi connectivity index (χ4v) is 7.02. The molecule has 1 N–H and O–H groups in total. The van der Waals surface area contributed by atoms with Gasteiger partial charge in [0, 0.05) is 17.7 Å². The van der Waals surface area contributed by atoms with Crippen molar-refractivity contribution in [2.75, 3.05) is 5.75 Å². The highest BCUT2D eigenvalue weighted by atomic mass is 32.2. The van der Waals surface area contributed by atoms with Gasteiger partial charge in [0.2, 0.25) is 5.91 Å². The Morgan fingerprint density at radius 1 is 1.15 bits per heavy atom. The molecule has 5 rings (SSSR count). The summed E-state index contributed by atoms with van der Waals surface area (Å²) in [7, 11) is 0. The van der Waals surface area contributed by atoms with Crippen LogP contribution in [0.15, 0.2) is 5.16 Å². The van der Waals surface area contributed by atoms with E-state index in [2.05, 4.69) is 33.9 Å². The fourth-order valence-electron chi connectivity index (χ4n) is 5.92. The van der Waals surface area contributed by atoms with Crippen LogP contribution in [0.25, 0.3) is 0 Å². The number of aromatic nitrogens is 3. The number of hydrogen-bond donors (Lipinski definition) is 1. The number of nitrogens with one attached hydrogen (secondary N) is 1. The highest BCUT2D eigenvalue weighted by Crippen LogP contribution is 2.60. The molecule has 26 heavy (non-hydrogen) atoms. The Bertz CT molecular complexity index is 621. The molecule has 4 bridgehead atoms. The summed E-state index contributed by atoms with van der Waals surface area (Å²) in [6, 6.07) is 0. The van der Waals surface area contributed by atoms with Gasteiger partial charge in [-0.15, -0.1) is 10.2 Å². The predicted molar refractivity (Wildman–Crippen MR) is 104 cm³/mol. The van der Waals surface area contributed by atoms with Crippen molar-refractivity contribution in [2.45, 2.75) is 83.5 Å². The highest BCUT2D eigenvalue weighted by molar-refractivity contribution is 7.99. The van der Waals surface area contributed by atoms with Gasteiger partial charge in [0.15, 0.2) is 11.0 Å². The van der Waals surface area contributed by atoms with E-state index in [1.807, 2.05) is 0 Å². The molecule has 4 aliphatic carbocycles. The van der Waals surface area contributed by atoms with Crippen molar-refractivity contribution in [1.29, 1.82) is 0 Å². The van der Waals surface area contributed by atoms with Crippen molar-refractivity contribution in [3.05, 3.63) is 5.82 Å². The van der Waals surface area contributed by atoms with Crippen molar-refractivity contribution in [1.82, 2.24) is 20.1 Å². The van der Waals surface area contributed by atoms with Crippen LogP contribution >= 0.6 is 11.8 Å². The second kappa shape index (κ2) is 7.53. The standard InChI is InChI=1S/C20H32N4OS/c1-3-5-6-26-19-23-22-17(24(19)4-2)13-21-18(25)20-10-14-7-15(11-20)9-16(8-14)12-20/h14-16H,3-13H2,1-2H3,(H,21,25). The number of rotatable bonds is 8. The van der Waals surface area contributed by atoms with Gasteiger partial charge in [-0.1, -0.05) is 25.1 Å². The van der Waals surface area contributed by atoms with E-state index in [4.69, 9.17) is 0 Å². The van der Waals surface area contributed by atoms with Crippen LogP contribution < -0.4 is 5.32 Å². The lowest BCUT2D eigenvalue weighted by Gasteiger charge is -2.55. The highest BCUT2D eigenvalue weighted by Gasteiger charge is 2.54. The zero-order chi connectivity index (χ0) is 18.1. The van der Waals surface area contributed by atoms with Crippen molar-refractivity contribution in [3.63, 3.8) is 0 Å². The second-order valence-corrected chi connectivity index (χ2v) is 9.79. The summed E-state index contributed by atoms with van der Waals surface area (Å²) in [5.41, 5.74) is -0.0788. The van der Waals surface area contributed by atoms with Gasteiger partial charge in [-0.2, -0.15) is 0 Å². The first-order chi connectivity index (χ1) is 12.6. The quantitative estimate of drug-likeness (QED) is 0.550. The Balaban J connectivity index is 1.39. The number of hydrogen-bond acceptors (Lipinski definition) is 4. The molecule has 1 heterocycles. The van der Waals surface area contributed by atoms with Gasteiger partial charge in [0.05, 0.1) is 6.54 Å². The van der Waals surface area contributed by atoms with E-state index < -0.39 is 0 Å². The first kappa shape index (κ1) is 18.3. The van der Waals surface area contributed by atoms with Crippen molar-refractivity contribution < 1.29 is 4.79 Å². The summed E-state index contributed by atoms with van der Waals surface area (Å²) < 4.78 is 2.15. The molecule has 5 nitrogen and oxygen atoms in total. The maximum atomic E-state index is 13.1. The molecule has 0 aliphatic heterocycles. The first-order valence-corrected chi connectivity index (χ1v) is 11.4. The van der Waals surface area contributed by atoms with Crippen molar-refractivity contribution in [2.24, 2.45) is 23.2 Å². The van der Waals surface area contributed by atoms with Gasteiger partial charge >= 0.3 is 0 Å².